The molecule has 1 amide bonds. The van der Waals surface area contributed by atoms with Crippen molar-refractivity contribution in [1.82, 2.24) is 9.88 Å². The minimum atomic E-state index is -0.827. The highest BCUT2D eigenvalue weighted by Gasteiger charge is 2.29. The van der Waals surface area contributed by atoms with Crippen LogP contribution in [-0.2, 0) is 9.59 Å². The monoisotopic (exact) mass is 266 g/mol. The number of amides is 1. The molecular weight excluding hydrogens is 252 g/mol. The number of hydrogen-bond donors (Lipinski definition) is 1. The summed E-state index contributed by atoms with van der Waals surface area (Å²) in [6.07, 6.45) is 5.46. The summed E-state index contributed by atoms with van der Waals surface area (Å²) >= 11 is 1.51. The largest absolute Gasteiger partial charge is 0.481 e. The molecule has 2 rings (SSSR count). The Kier molecular flexibility index (Phi) is 3.76. The van der Waals surface area contributed by atoms with E-state index < -0.39 is 11.9 Å². The molecule has 1 aliphatic rings. The van der Waals surface area contributed by atoms with Crippen LogP contribution in [0.25, 0.3) is 6.08 Å². The van der Waals surface area contributed by atoms with E-state index in [0.717, 1.165) is 9.88 Å². The molecule has 1 N–H and O–H groups in total. The van der Waals surface area contributed by atoms with Crippen molar-refractivity contribution in [3.8, 4) is 0 Å². The molecule has 1 unspecified atom stereocenters. The van der Waals surface area contributed by atoms with E-state index in [9.17, 15) is 9.59 Å². The van der Waals surface area contributed by atoms with Crippen LogP contribution < -0.4 is 0 Å². The van der Waals surface area contributed by atoms with Crippen molar-refractivity contribution in [2.45, 2.75) is 13.3 Å². The average Bonchev–Trinajstić information content (AvgIpc) is 2.94. The van der Waals surface area contributed by atoms with E-state index in [1.165, 1.54) is 17.4 Å². The van der Waals surface area contributed by atoms with Crippen LogP contribution in [-0.4, -0.2) is 40.0 Å². The summed E-state index contributed by atoms with van der Waals surface area (Å²) in [7, 11) is 0. The van der Waals surface area contributed by atoms with Crippen LogP contribution >= 0.6 is 11.3 Å². The quantitative estimate of drug-likeness (QED) is 0.839. The van der Waals surface area contributed by atoms with E-state index in [4.69, 9.17) is 5.11 Å². The summed E-state index contributed by atoms with van der Waals surface area (Å²) in [6, 6.07) is 0. The molecule has 1 fully saturated rings. The van der Waals surface area contributed by atoms with Crippen LogP contribution in [0, 0.1) is 12.8 Å². The molecule has 0 spiro atoms. The fourth-order valence-electron chi connectivity index (χ4n) is 1.88. The van der Waals surface area contributed by atoms with Crippen LogP contribution in [0.2, 0.25) is 0 Å². The highest BCUT2D eigenvalue weighted by molar-refractivity contribution is 7.12. The van der Waals surface area contributed by atoms with Gasteiger partial charge in [-0.15, -0.1) is 11.3 Å². The van der Waals surface area contributed by atoms with Gasteiger partial charge >= 0.3 is 5.97 Å². The second-order valence-corrected chi connectivity index (χ2v) is 5.49. The van der Waals surface area contributed by atoms with Crippen LogP contribution in [0.15, 0.2) is 12.3 Å². The molecule has 0 saturated carbocycles. The molecule has 0 bridgehead atoms. The SMILES string of the molecule is Cc1ncc(C=CC(=O)N2CCC(C(=O)O)C2)s1. The number of rotatable bonds is 3. The second-order valence-electron chi connectivity index (χ2n) is 4.22. The summed E-state index contributed by atoms with van der Waals surface area (Å²) in [5.74, 6) is -1.38. The molecule has 6 heteroatoms. The van der Waals surface area contributed by atoms with Gasteiger partial charge in [-0.2, -0.15) is 0 Å². The van der Waals surface area contributed by atoms with E-state index in [-0.39, 0.29) is 5.91 Å². The van der Waals surface area contributed by atoms with Crippen molar-refractivity contribution >= 4 is 29.3 Å². The zero-order chi connectivity index (χ0) is 13.1. The van der Waals surface area contributed by atoms with Crippen LogP contribution in [0.3, 0.4) is 0 Å². The molecule has 2 heterocycles. The van der Waals surface area contributed by atoms with E-state index in [2.05, 4.69) is 4.98 Å². The topological polar surface area (TPSA) is 70.5 Å². The number of aromatic nitrogens is 1. The normalized spacial score (nSPS) is 19.6. The molecule has 1 aromatic heterocycles. The molecule has 1 aromatic rings. The van der Waals surface area contributed by atoms with Crippen LogP contribution in [0.4, 0.5) is 0 Å². The van der Waals surface area contributed by atoms with Gasteiger partial charge in [0.1, 0.15) is 0 Å². The summed E-state index contributed by atoms with van der Waals surface area (Å²) in [4.78, 5) is 29.2. The zero-order valence-electron chi connectivity index (χ0n) is 10.00. The highest BCUT2D eigenvalue weighted by Crippen LogP contribution is 2.18. The number of hydrogen-bond acceptors (Lipinski definition) is 4. The number of carboxylic acids is 1. The molecule has 0 aromatic carbocycles. The lowest BCUT2D eigenvalue weighted by molar-refractivity contribution is -0.141. The lowest BCUT2D eigenvalue weighted by atomic mass is 10.1. The molecule has 1 saturated heterocycles. The number of likely N-dealkylation sites (tertiary alicyclic amines) is 1. The predicted molar refractivity (Wildman–Crippen MR) is 68.2 cm³/mol. The van der Waals surface area contributed by atoms with Gasteiger partial charge in [-0.05, 0) is 19.4 Å². The Balaban J connectivity index is 1.93. The number of thiazole rings is 1. The van der Waals surface area contributed by atoms with Gasteiger partial charge in [-0.3, -0.25) is 9.59 Å². The lowest BCUT2D eigenvalue weighted by Crippen LogP contribution is -2.28. The van der Waals surface area contributed by atoms with Crippen molar-refractivity contribution in [2.75, 3.05) is 13.1 Å². The van der Waals surface area contributed by atoms with Crippen LogP contribution in [0.5, 0.6) is 0 Å². The van der Waals surface area contributed by atoms with Crippen molar-refractivity contribution < 1.29 is 14.7 Å². The summed E-state index contributed by atoms with van der Waals surface area (Å²) in [5, 5.41) is 9.81. The number of aryl methyl sites for hydroxylation is 1. The summed E-state index contributed by atoms with van der Waals surface area (Å²) < 4.78 is 0. The van der Waals surface area contributed by atoms with Gasteiger partial charge in [0.05, 0.1) is 10.9 Å². The Morgan fingerprint density at radius 1 is 1.61 bits per heavy atom. The van der Waals surface area contributed by atoms with Gasteiger partial charge in [0.25, 0.3) is 0 Å². The van der Waals surface area contributed by atoms with Crippen molar-refractivity contribution in [3.63, 3.8) is 0 Å². The second kappa shape index (κ2) is 5.30. The molecule has 1 atom stereocenters. The van der Waals surface area contributed by atoms with Gasteiger partial charge in [0, 0.05) is 30.2 Å². The Hall–Kier alpha value is -1.69. The molecule has 1 aliphatic heterocycles. The summed E-state index contributed by atoms with van der Waals surface area (Å²) in [5.41, 5.74) is 0. The van der Waals surface area contributed by atoms with Gasteiger partial charge in [-0.1, -0.05) is 0 Å². The van der Waals surface area contributed by atoms with E-state index in [0.29, 0.717) is 19.5 Å². The Morgan fingerprint density at radius 2 is 2.39 bits per heavy atom. The van der Waals surface area contributed by atoms with E-state index >= 15 is 0 Å². The standard InChI is InChI=1S/C12H14N2O3S/c1-8-13-6-10(18-8)2-3-11(15)14-5-4-9(7-14)12(16)17/h2-3,6,9H,4-5,7H2,1H3,(H,16,17). The number of carboxylic acid groups (broad SMARTS) is 1. The number of carbonyl (C=O) groups is 2. The first-order valence-corrected chi connectivity index (χ1v) is 6.50. The fourth-order valence-corrected chi connectivity index (χ4v) is 2.56. The van der Waals surface area contributed by atoms with Gasteiger partial charge in [-0.25, -0.2) is 4.98 Å². The number of nitrogens with zero attached hydrogens (tertiary/aromatic N) is 2. The number of aliphatic carboxylic acids is 1. The molecule has 0 radical (unpaired) electrons. The molecule has 96 valence electrons. The smallest absolute Gasteiger partial charge is 0.308 e. The number of carbonyl (C=O) groups excluding carboxylic acids is 1. The maximum Gasteiger partial charge on any atom is 0.308 e. The fraction of sp³-hybridized carbons (Fsp3) is 0.417. The summed E-state index contributed by atoms with van der Waals surface area (Å²) in [6.45, 7) is 2.73. The minimum absolute atomic E-state index is 0.134. The Morgan fingerprint density at radius 3 is 2.94 bits per heavy atom. The Labute approximate surface area is 109 Å². The predicted octanol–water partition coefficient (Wildman–Crippen LogP) is 1.40. The first-order chi connectivity index (χ1) is 8.56. The van der Waals surface area contributed by atoms with Crippen molar-refractivity contribution in [2.24, 2.45) is 5.92 Å². The molecule has 5 nitrogen and oxygen atoms in total. The highest BCUT2D eigenvalue weighted by atomic mass is 32.1. The first kappa shape index (κ1) is 12.8. The van der Waals surface area contributed by atoms with E-state index in [1.54, 1.807) is 17.2 Å². The lowest BCUT2D eigenvalue weighted by Gasteiger charge is -2.12. The van der Waals surface area contributed by atoms with Crippen LogP contribution in [0.1, 0.15) is 16.3 Å². The van der Waals surface area contributed by atoms with Crippen molar-refractivity contribution in [3.05, 3.63) is 22.2 Å². The van der Waals surface area contributed by atoms with Gasteiger partial charge in [0.2, 0.25) is 5.91 Å². The average molecular weight is 266 g/mol. The molecule has 18 heavy (non-hydrogen) atoms. The van der Waals surface area contributed by atoms with Gasteiger partial charge in [0.15, 0.2) is 0 Å². The Bertz CT molecular complexity index is 495. The third kappa shape index (κ3) is 2.95. The minimum Gasteiger partial charge on any atom is -0.481 e. The van der Waals surface area contributed by atoms with Gasteiger partial charge < -0.3 is 10.0 Å². The van der Waals surface area contributed by atoms with E-state index in [1.807, 2.05) is 6.92 Å². The maximum absolute atomic E-state index is 11.8. The third-order valence-corrected chi connectivity index (χ3v) is 3.76. The molecule has 0 aliphatic carbocycles. The van der Waals surface area contributed by atoms with Crippen molar-refractivity contribution in [1.29, 1.82) is 0 Å². The zero-order valence-corrected chi connectivity index (χ0v) is 10.8. The third-order valence-electron chi connectivity index (χ3n) is 2.88. The first-order valence-electron chi connectivity index (χ1n) is 5.68. The molecular formula is C12H14N2O3S. The maximum atomic E-state index is 11.8.